The molecule has 1 aromatic rings. The maximum absolute atomic E-state index is 13.1. The highest BCUT2D eigenvalue weighted by molar-refractivity contribution is 5.77. The quantitative estimate of drug-likeness (QED) is 0.881. The fourth-order valence-corrected chi connectivity index (χ4v) is 2.14. The molecule has 0 radical (unpaired) electrons. The van der Waals surface area contributed by atoms with Gasteiger partial charge in [0.05, 0.1) is 19.3 Å². The van der Waals surface area contributed by atoms with Gasteiger partial charge in [0.15, 0.2) is 11.6 Å². The van der Waals surface area contributed by atoms with Crippen molar-refractivity contribution >= 4 is 5.91 Å². The number of hydrogen-bond donors (Lipinski definition) is 2. The number of hydrogen-bond acceptors (Lipinski definition) is 3. The molecule has 0 saturated carbocycles. The van der Waals surface area contributed by atoms with Crippen LogP contribution in [0, 0.1) is 11.6 Å². The van der Waals surface area contributed by atoms with Crippen molar-refractivity contribution in [1.82, 2.24) is 10.6 Å². The van der Waals surface area contributed by atoms with E-state index in [1.165, 1.54) is 6.07 Å². The molecule has 20 heavy (non-hydrogen) atoms. The van der Waals surface area contributed by atoms with Crippen molar-refractivity contribution in [1.29, 1.82) is 0 Å². The van der Waals surface area contributed by atoms with Crippen LogP contribution in [0.3, 0.4) is 0 Å². The van der Waals surface area contributed by atoms with Gasteiger partial charge < -0.3 is 15.4 Å². The summed E-state index contributed by atoms with van der Waals surface area (Å²) in [6.07, 6.45) is 0.300. The van der Waals surface area contributed by atoms with Gasteiger partial charge in [-0.25, -0.2) is 8.78 Å². The van der Waals surface area contributed by atoms with Gasteiger partial charge in [-0.2, -0.15) is 0 Å². The molecule has 1 aliphatic heterocycles. The third-order valence-corrected chi connectivity index (χ3v) is 3.25. The second kappa shape index (κ2) is 6.76. The van der Waals surface area contributed by atoms with Crippen molar-refractivity contribution in [3.05, 3.63) is 35.4 Å². The molecule has 2 rings (SSSR count). The lowest BCUT2D eigenvalue weighted by atomic mass is 10.1. The van der Waals surface area contributed by atoms with Crippen LogP contribution in [0.1, 0.15) is 24.9 Å². The Bertz CT molecular complexity index is 476. The zero-order valence-electron chi connectivity index (χ0n) is 11.3. The van der Waals surface area contributed by atoms with E-state index in [9.17, 15) is 13.6 Å². The molecule has 1 heterocycles. The predicted molar refractivity (Wildman–Crippen MR) is 70.1 cm³/mol. The Labute approximate surface area is 116 Å². The van der Waals surface area contributed by atoms with Crippen LogP contribution in [0.25, 0.3) is 0 Å². The van der Waals surface area contributed by atoms with Gasteiger partial charge in [-0.05, 0) is 24.6 Å². The molecule has 1 saturated heterocycles. The molecule has 0 spiro atoms. The molecule has 2 N–H and O–H groups in total. The number of ether oxygens (including phenoxy) is 1. The summed E-state index contributed by atoms with van der Waals surface area (Å²) in [6, 6.07) is 3.25. The highest BCUT2D eigenvalue weighted by atomic mass is 19.2. The van der Waals surface area contributed by atoms with Crippen molar-refractivity contribution in [3.8, 4) is 0 Å². The standard InChI is InChI=1S/C14H18F2N2O2/c1-9(10-2-3-12(15)13(16)6-10)18-14(19)7-11-8-20-5-4-17-11/h2-3,6,9,11,17H,4-5,7-8H2,1H3,(H,18,19). The molecular formula is C14H18F2N2O2. The number of carbonyl (C=O) groups excluding carboxylic acids is 1. The van der Waals surface area contributed by atoms with Crippen molar-refractivity contribution in [3.63, 3.8) is 0 Å². The molecule has 110 valence electrons. The molecule has 6 heteroatoms. The summed E-state index contributed by atoms with van der Waals surface area (Å²) in [5.74, 6) is -1.95. The summed E-state index contributed by atoms with van der Waals surface area (Å²) in [5, 5.41) is 5.95. The maximum Gasteiger partial charge on any atom is 0.222 e. The number of nitrogens with one attached hydrogen (secondary N) is 2. The van der Waals surface area contributed by atoms with Crippen LogP contribution in [0.4, 0.5) is 8.78 Å². The summed E-state index contributed by atoms with van der Waals surface area (Å²) in [6.45, 7) is 3.63. The van der Waals surface area contributed by atoms with E-state index in [4.69, 9.17) is 4.74 Å². The van der Waals surface area contributed by atoms with Gasteiger partial charge in [0.25, 0.3) is 0 Å². The molecule has 4 nitrogen and oxygen atoms in total. The van der Waals surface area contributed by atoms with Crippen LogP contribution in [0.2, 0.25) is 0 Å². The van der Waals surface area contributed by atoms with Gasteiger partial charge in [0.2, 0.25) is 5.91 Å². The van der Waals surface area contributed by atoms with Crippen LogP contribution in [-0.4, -0.2) is 31.7 Å². The zero-order chi connectivity index (χ0) is 14.5. The normalized spacial score (nSPS) is 20.4. The third kappa shape index (κ3) is 3.98. The topological polar surface area (TPSA) is 50.4 Å². The van der Waals surface area contributed by atoms with Gasteiger partial charge in [-0.3, -0.25) is 4.79 Å². The summed E-state index contributed by atoms with van der Waals surface area (Å²) in [4.78, 5) is 11.9. The van der Waals surface area contributed by atoms with Crippen LogP contribution in [0.15, 0.2) is 18.2 Å². The predicted octanol–water partition coefficient (Wildman–Crippen LogP) is 1.52. The van der Waals surface area contributed by atoms with E-state index >= 15 is 0 Å². The van der Waals surface area contributed by atoms with Crippen LogP contribution in [-0.2, 0) is 9.53 Å². The lowest BCUT2D eigenvalue weighted by Crippen LogP contribution is -2.44. The first-order chi connectivity index (χ1) is 9.56. The Hall–Kier alpha value is -1.53. The smallest absolute Gasteiger partial charge is 0.222 e. The first-order valence-electron chi connectivity index (χ1n) is 6.61. The van der Waals surface area contributed by atoms with E-state index in [0.717, 1.165) is 18.7 Å². The minimum Gasteiger partial charge on any atom is -0.378 e. The highest BCUT2D eigenvalue weighted by Crippen LogP contribution is 2.16. The average Bonchev–Trinajstić information content (AvgIpc) is 2.42. The Morgan fingerprint density at radius 3 is 2.95 bits per heavy atom. The first kappa shape index (κ1) is 14.9. The Morgan fingerprint density at radius 2 is 2.30 bits per heavy atom. The minimum absolute atomic E-state index is 0.000837. The van der Waals surface area contributed by atoms with Gasteiger partial charge in [-0.1, -0.05) is 6.07 Å². The van der Waals surface area contributed by atoms with E-state index in [2.05, 4.69) is 10.6 Å². The molecule has 1 aliphatic rings. The SMILES string of the molecule is CC(NC(=O)CC1COCCN1)c1ccc(F)c(F)c1. The molecule has 0 bridgehead atoms. The molecule has 1 fully saturated rings. The van der Waals surface area contributed by atoms with E-state index in [1.807, 2.05) is 0 Å². The Balaban J connectivity index is 1.87. The molecule has 2 atom stereocenters. The number of amides is 1. The van der Waals surface area contributed by atoms with E-state index < -0.39 is 11.6 Å². The minimum atomic E-state index is -0.911. The first-order valence-corrected chi connectivity index (χ1v) is 6.61. The van der Waals surface area contributed by atoms with E-state index in [0.29, 0.717) is 25.2 Å². The monoisotopic (exact) mass is 284 g/mol. The third-order valence-electron chi connectivity index (χ3n) is 3.25. The molecule has 0 aliphatic carbocycles. The number of halogens is 2. The van der Waals surface area contributed by atoms with Gasteiger partial charge >= 0.3 is 0 Å². The molecule has 1 aromatic carbocycles. The Kier molecular flexibility index (Phi) is 5.03. The average molecular weight is 284 g/mol. The van der Waals surface area contributed by atoms with Crippen LogP contribution < -0.4 is 10.6 Å². The second-order valence-electron chi connectivity index (χ2n) is 4.89. The van der Waals surface area contributed by atoms with Crippen molar-refractivity contribution in [2.24, 2.45) is 0 Å². The number of morpholine rings is 1. The highest BCUT2D eigenvalue weighted by Gasteiger charge is 2.18. The van der Waals surface area contributed by atoms with Gasteiger partial charge in [0.1, 0.15) is 0 Å². The zero-order valence-corrected chi connectivity index (χ0v) is 11.3. The number of rotatable bonds is 4. The number of carbonyl (C=O) groups is 1. The van der Waals surface area contributed by atoms with E-state index in [1.54, 1.807) is 6.92 Å². The Morgan fingerprint density at radius 1 is 1.50 bits per heavy atom. The fraction of sp³-hybridized carbons (Fsp3) is 0.500. The van der Waals surface area contributed by atoms with Crippen LogP contribution >= 0.6 is 0 Å². The second-order valence-corrected chi connectivity index (χ2v) is 4.89. The van der Waals surface area contributed by atoms with Crippen molar-refractivity contribution < 1.29 is 18.3 Å². The largest absolute Gasteiger partial charge is 0.378 e. The number of benzene rings is 1. The maximum atomic E-state index is 13.1. The van der Waals surface area contributed by atoms with Gasteiger partial charge in [0, 0.05) is 19.0 Å². The summed E-state index contributed by atoms with van der Waals surface area (Å²) in [7, 11) is 0. The van der Waals surface area contributed by atoms with Crippen LogP contribution in [0.5, 0.6) is 0 Å². The van der Waals surface area contributed by atoms with E-state index in [-0.39, 0.29) is 18.0 Å². The fourth-order valence-electron chi connectivity index (χ4n) is 2.14. The lowest BCUT2D eigenvalue weighted by molar-refractivity contribution is -0.122. The molecule has 2 unspecified atom stereocenters. The molecule has 1 amide bonds. The lowest BCUT2D eigenvalue weighted by Gasteiger charge is -2.24. The van der Waals surface area contributed by atoms with Gasteiger partial charge in [-0.15, -0.1) is 0 Å². The summed E-state index contributed by atoms with van der Waals surface area (Å²) < 4.78 is 31.3. The summed E-state index contributed by atoms with van der Waals surface area (Å²) in [5.41, 5.74) is 0.533. The van der Waals surface area contributed by atoms with Crippen molar-refractivity contribution in [2.45, 2.75) is 25.4 Å². The molecule has 0 aromatic heterocycles. The van der Waals surface area contributed by atoms with Crippen molar-refractivity contribution in [2.75, 3.05) is 19.8 Å². The summed E-state index contributed by atoms with van der Waals surface area (Å²) >= 11 is 0. The molecular weight excluding hydrogens is 266 g/mol.